The molecule has 0 N–H and O–H groups in total. The van der Waals surface area contributed by atoms with E-state index in [1.807, 2.05) is 0 Å². The Labute approximate surface area is 103 Å². The molecule has 92 valence electrons. The van der Waals surface area contributed by atoms with E-state index in [9.17, 15) is 0 Å². The molecule has 2 bridgehead atoms. The SMILES string of the molecule is CC12COCC(C1)C(Cc1ccccc1)OC2. The van der Waals surface area contributed by atoms with Gasteiger partial charge in [-0.15, -0.1) is 0 Å². The van der Waals surface area contributed by atoms with E-state index in [1.165, 1.54) is 12.0 Å². The van der Waals surface area contributed by atoms with E-state index < -0.39 is 0 Å². The van der Waals surface area contributed by atoms with Gasteiger partial charge in [-0.25, -0.2) is 0 Å². The topological polar surface area (TPSA) is 18.5 Å². The summed E-state index contributed by atoms with van der Waals surface area (Å²) in [6.45, 7) is 4.85. The van der Waals surface area contributed by atoms with E-state index in [1.54, 1.807) is 0 Å². The van der Waals surface area contributed by atoms with Crippen molar-refractivity contribution >= 4 is 0 Å². The molecule has 0 radical (unpaired) electrons. The van der Waals surface area contributed by atoms with Gasteiger partial charge in [0.05, 0.1) is 25.9 Å². The molecule has 2 saturated heterocycles. The van der Waals surface area contributed by atoms with Crippen LogP contribution in [-0.2, 0) is 15.9 Å². The van der Waals surface area contributed by atoms with Crippen LogP contribution in [0.2, 0.25) is 0 Å². The predicted octanol–water partition coefficient (Wildman–Crippen LogP) is 2.67. The number of hydrogen-bond donors (Lipinski definition) is 0. The van der Waals surface area contributed by atoms with Gasteiger partial charge in [-0.1, -0.05) is 37.3 Å². The molecule has 0 amide bonds. The summed E-state index contributed by atoms with van der Waals surface area (Å²) in [4.78, 5) is 0. The van der Waals surface area contributed by atoms with Gasteiger partial charge in [0.15, 0.2) is 0 Å². The van der Waals surface area contributed by atoms with Crippen molar-refractivity contribution in [2.75, 3.05) is 19.8 Å². The summed E-state index contributed by atoms with van der Waals surface area (Å²) in [5.41, 5.74) is 1.63. The minimum atomic E-state index is 0.260. The molecule has 0 saturated carbocycles. The zero-order valence-corrected chi connectivity index (χ0v) is 10.4. The average Bonchev–Trinajstić information content (AvgIpc) is 2.34. The molecule has 3 atom stereocenters. The Morgan fingerprint density at radius 2 is 2.06 bits per heavy atom. The Morgan fingerprint density at radius 3 is 2.88 bits per heavy atom. The summed E-state index contributed by atoms with van der Waals surface area (Å²) >= 11 is 0. The van der Waals surface area contributed by atoms with Crippen molar-refractivity contribution in [1.29, 1.82) is 0 Å². The van der Waals surface area contributed by atoms with Crippen molar-refractivity contribution in [2.45, 2.75) is 25.9 Å². The van der Waals surface area contributed by atoms with E-state index in [0.717, 1.165) is 26.2 Å². The molecule has 1 aromatic carbocycles. The Balaban J connectivity index is 1.69. The van der Waals surface area contributed by atoms with Crippen LogP contribution in [0.4, 0.5) is 0 Å². The standard InChI is InChI=1S/C15H20O2/c1-15-8-13(9-16-10-15)14(17-11-15)7-12-5-3-2-4-6-12/h2-6,13-14H,7-11H2,1H3. The highest BCUT2D eigenvalue weighted by Gasteiger charge is 2.42. The first kappa shape index (κ1) is 11.2. The lowest BCUT2D eigenvalue weighted by atomic mass is 9.75. The first-order valence-corrected chi connectivity index (χ1v) is 6.48. The third kappa shape index (κ3) is 2.38. The van der Waals surface area contributed by atoms with Crippen LogP contribution in [0.1, 0.15) is 18.9 Å². The molecule has 3 unspecified atom stereocenters. The lowest BCUT2D eigenvalue weighted by molar-refractivity contribution is -0.171. The zero-order chi connectivity index (χ0) is 11.7. The molecule has 0 aromatic heterocycles. The van der Waals surface area contributed by atoms with Crippen LogP contribution in [0.25, 0.3) is 0 Å². The maximum absolute atomic E-state index is 6.07. The highest BCUT2D eigenvalue weighted by Crippen LogP contribution is 2.39. The van der Waals surface area contributed by atoms with Crippen LogP contribution < -0.4 is 0 Å². The summed E-state index contributed by atoms with van der Waals surface area (Å²) in [6.07, 6.45) is 2.61. The molecule has 2 fully saturated rings. The fourth-order valence-electron chi connectivity index (χ4n) is 3.06. The first-order valence-electron chi connectivity index (χ1n) is 6.48. The number of benzene rings is 1. The number of fused-ring (bicyclic) bond motifs is 2. The number of ether oxygens (including phenoxy) is 2. The lowest BCUT2D eigenvalue weighted by Gasteiger charge is -2.46. The van der Waals surface area contributed by atoms with E-state index in [0.29, 0.717) is 12.0 Å². The van der Waals surface area contributed by atoms with Gasteiger partial charge in [0, 0.05) is 11.3 Å². The number of rotatable bonds is 2. The van der Waals surface area contributed by atoms with Crippen LogP contribution in [0.3, 0.4) is 0 Å². The zero-order valence-electron chi connectivity index (χ0n) is 10.4. The first-order chi connectivity index (χ1) is 8.25. The smallest absolute Gasteiger partial charge is 0.0666 e. The van der Waals surface area contributed by atoms with Gasteiger partial charge in [0.1, 0.15) is 0 Å². The van der Waals surface area contributed by atoms with Crippen molar-refractivity contribution in [2.24, 2.45) is 11.3 Å². The van der Waals surface area contributed by atoms with Gasteiger partial charge in [-0.3, -0.25) is 0 Å². The van der Waals surface area contributed by atoms with Crippen molar-refractivity contribution in [1.82, 2.24) is 0 Å². The van der Waals surface area contributed by atoms with Crippen molar-refractivity contribution in [3.63, 3.8) is 0 Å². The van der Waals surface area contributed by atoms with E-state index in [4.69, 9.17) is 9.47 Å². The van der Waals surface area contributed by atoms with Crippen molar-refractivity contribution in [3.05, 3.63) is 35.9 Å². The van der Waals surface area contributed by atoms with E-state index in [-0.39, 0.29) is 5.41 Å². The van der Waals surface area contributed by atoms with E-state index in [2.05, 4.69) is 37.3 Å². The summed E-state index contributed by atoms with van der Waals surface area (Å²) in [6, 6.07) is 10.6. The molecule has 3 rings (SSSR count). The van der Waals surface area contributed by atoms with Gasteiger partial charge >= 0.3 is 0 Å². The monoisotopic (exact) mass is 232 g/mol. The highest BCUT2D eigenvalue weighted by atomic mass is 16.5. The molecule has 17 heavy (non-hydrogen) atoms. The molecular weight excluding hydrogens is 212 g/mol. The van der Waals surface area contributed by atoms with Crippen molar-refractivity contribution in [3.8, 4) is 0 Å². The molecule has 2 heterocycles. The lowest BCUT2D eigenvalue weighted by Crippen LogP contribution is -2.49. The van der Waals surface area contributed by atoms with Crippen LogP contribution in [-0.4, -0.2) is 25.9 Å². The maximum atomic E-state index is 6.07. The molecule has 0 spiro atoms. The molecule has 2 heteroatoms. The van der Waals surface area contributed by atoms with Crippen LogP contribution in [0, 0.1) is 11.3 Å². The quantitative estimate of drug-likeness (QED) is 0.780. The molecule has 2 nitrogen and oxygen atoms in total. The third-order valence-corrected chi connectivity index (χ3v) is 3.99. The summed E-state index contributed by atoms with van der Waals surface area (Å²) in [7, 11) is 0. The average molecular weight is 232 g/mol. The van der Waals surface area contributed by atoms with Gasteiger partial charge < -0.3 is 9.47 Å². The maximum Gasteiger partial charge on any atom is 0.0666 e. The Hall–Kier alpha value is -0.860. The summed E-state index contributed by atoms with van der Waals surface area (Å²) in [5.74, 6) is 0.572. The van der Waals surface area contributed by atoms with Gasteiger partial charge in [0.25, 0.3) is 0 Å². The Morgan fingerprint density at radius 1 is 1.24 bits per heavy atom. The minimum Gasteiger partial charge on any atom is -0.380 e. The highest BCUT2D eigenvalue weighted by molar-refractivity contribution is 5.16. The predicted molar refractivity (Wildman–Crippen MR) is 66.9 cm³/mol. The summed E-state index contributed by atoms with van der Waals surface area (Å²) in [5, 5.41) is 0. The molecule has 2 aliphatic heterocycles. The Bertz CT molecular complexity index is 376. The van der Waals surface area contributed by atoms with Gasteiger partial charge in [-0.05, 0) is 18.4 Å². The largest absolute Gasteiger partial charge is 0.380 e. The normalized spacial score (nSPS) is 36.8. The van der Waals surface area contributed by atoms with Gasteiger partial charge in [-0.2, -0.15) is 0 Å². The second kappa shape index (κ2) is 4.43. The van der Waals surface area contributed by atoms with Gasteiger partial charge in [0.2, 0.25) is 0 Å². The second-order valence-corrected chi connectivity index (χ2v) is 5.83. The van der Waals surface area contributed by atoms with Crippen LogP contribution in [0.15, 0.2) is 30.3 Å². The molecular formula is C15H20O2. The third-order valence-electron chi connectivity index (χ3n) is 3.99. The minimum absolute atomic E-state index is 0.260. The second-order valence-electron chi connectivity index (χ2n) is 5.83. The molecule has 0 aliphatic carbocycles. The fraction of sp³-hybridized carbons (Fsp3) is 0.600. The fourth-order valence-corrected chi connectivity index (χ4v) is 3.06. The molecule has 2 aliphatic rings. The van der Waals surface area contributed by atoms with Crippen molar-refractivity contribution < 1.29 is 9.47 Å². The molecule has 1 aromatic rings. The Kier molecular flexibility index (Phi) is 2.93. The van der Waals surface area contributed by atoms with Crippen LogP contribution in [0.5, 0.6) is 0 Å². The van der Waals surface area contributed by atoms with Crippen LogP contribution >= 0.6 is 0 Å². The summed E-state index contributed by atoms with van der Waals surface area (Å²) < 4.78 is 11.8. The number of hydrogen-bond acceptors (Lipinski definition) is 2. The van der Waals surface area contributed by atoms with E-state index >= 15 is 0 Å².